The summed E-state index contributed by atoms with van der Waals surface area (Å²) >= 11 is 1.14. The molecule has 0 spiro atoms. The van der Waals surface area contributed by atoms with Crippen LogP contribution in [0, 0.1) is 10.1 Å². The van der Waals surface area contributed by atoms with E-state index in [4.69, 9.17) is 13.9 Å². The summed E-state index contributed by atoms with van der Waals surface area (Å²) in [5.74, 6) is -0.352. The zero-order valence-electron chi connectivity index (χ0n) is 18.4. The van der Waals surface area contributed by atoms with E-state index >= 15 is 0 Å². The largest absolute Gasteiger partial charge is 0.486 e. The van der Waals surface area contributed by atoms with E-state index in [1.54, 1.807) is 35.7 Å². The van der Waals surface area contributed by atoms with E-state index in [-0.39, 0.29) is 23.2 Å². The van der Waals surface area contributed by atoms with Crippen molar-refractivity contribution in [3.8, 4) is 17.0 Å². The summed E-state index contributed by atoms with van der Waals surface area (Å²) in [6.07, 6.45) is -1.12. The number of ether oxygens (including phenoxy) is 2. The van der Waals surface area contributed by atoms with Crippen molar-refractivity contribution in [2.45, 2.75) is 19.6 Å². The molecule has 0 radical (unpaired) electrons. The van der Waals surface area contributed by atoms with Crippen LogP contribution in [0.1, 0.15) is 23.2 Å². The van der Waals surface area contributed by atoms with E-state index in [1.165, 1.54) is 25.1 Å². The molecule has 35 heavy (non-hydrogen) atoms. The minimum absolute atomic E-state index is 0.0569. The number of carbonyl (C=O) groups excluding carboxylic acids is 2. The number of nitro groups is 1. The Bertz CT molecular complexity index is 1350. The quantitative estimate of drug-likeness (QED) is 0.194. The number of hydrogen-bond acceptors (Lipinski definition) is 9. The third-order valence-corrected chi connectivity index (χ3v) is 5.48. The first kappa shape index (κ1) is 23.6. The first-order valence-electron chi connectivity index (χ1n) is 10.4. The van der Waals surface area contributed by atoms with Gasteiger partial charge in [0.1, 0.15) is 18.1 Å². The monoisotopic (exact) mass is 493 g/mol. The van der Waals surface area contributed by atoms with Gasteiger partial charge in [-0.3, -0.25) is 20.2 Å². The van der Waals surface area contributed by atoms with Gasteiger partial charge in [-0.1, -0.05) is 30.3 Å². The number of anilines is 1. The van der Waals surface area contributed by atoms with Gasteiger partial charge >= 0.3 is 5.97 Å². The van der Waals surface area contributed by atoms with E-state index in [0.717, 1.165) is 11.3 Å². The fourth-order valence-electron chi connectivity index (χ4n) is 2.96. The molecule has 4 rings (SSSR count). The molecule has 0 saturated carbocycles. The fraction of sp³-hybridized carbons (Fsp3) is 0.125. The van der Waals surface area contributed by atoms with E-state index in [9.17, 15) is 19.7 Å². The van der Waals surface area contributed by atoms with Crippen LogP contribution in [0.25, 0.3) is 11.3 Å². The Morgan fingerprint density at radius 2 is 1.94 bits per heavy atom. The van der Waals surface area contributed by atoms with Crippen molar-refractivity contribution < 1.29 is 28.4 Å². The van der Waals surface area contributed by atoms with E-state index in [2.05, 4.69) is 10.3 Å². The molecule has 0 bridgehead atoms. The van der Waals surface area contributed by atoms with Gasteiger partial charge in [0, 0.05) is 23.1 Å². The van der Waals surface area contributed by atoms with E-state index in [0.29, 0.717) is 22.8 Å². The normalized spacial score (nSPS) is 11.5. The molecule has 1 unspecified atom stereocenters. The number of amides is 1. The van der Waals surface area contributed by atoms with Crippen LogP contribution < -0.4 is 10.1 Å². The zero-order valence-corrected chi connectivity index (χ0v) is 19.2. The molecule has 10 nitrogen and oxygen atoms in total. The zero-order chi connectivity index (χ0) is 24.8. The number of nitro benzene ring substituents is 1. The van der Waals surface area contributed by atoms with Crippen LogP contribution in [0.2, 0.25) is 0 Å². The molecule has 0 aliphatic rings. The maximum atomic E-state index is 12.5. The van der Waals surface area contributed by atoms with Crippen molar-refractivity contribution in [1.29, 1.82) is 0 Å². The van der Waals surface area contributed by atoms with Crippen molar-refractivity contribution in [2.75, 3.05) is 5.32 Å². The van der Waals surface area contributed by atoms with Gasteiger partial charge in [-0.05, 0) is 31.2 Å². The molecule has 1 amide bonds. The van der Waals surface area contributed by atoms with Gasteiger partial charge < -0.3 is 13.9 Å². The number of para-hydroxylation sites is 1. The molecule has 1 atom stereocenters. The van der Waals surface area contributed by atoms with Crippen LogP contribution in [0.15, 0.2) is 76.5 Å². The Hall–Kier alpha value is -4.51. The first-order chi connectivity index (χ1) is 16.9. The van der Waals surface area contributed by atoms with Crippen LogP contribution in [-0.4, -0.2) is 27.9 Å². The molecule has 1 N–H and O–H groups in total. The molecular weight excluding hydrogens is 474 g/mol. The minimum Gasteiger partial charge on any atom is -0.486 e. The van der Waals surface area contributed by atoms with E-state index in [1.807, 2.05) is 18.2 Å². The predicted octanol–water partition coefficient (Wildman–Crippen LogP) is 5.07. The summed E-state index contributed by atoms with van der Waals surface area (Å²) in [5, 5.41) is 15.5. The van der Waals surface area contributed by atoms with Gasteiger partial charge in [-0.25, -0.2) is 9.78 Å². The van der Waals surface area contributed by atoms with Gasteiger partial charge in [0.25, 0.3) is 11.6 Å². The summed E-state index contributed by atoms with van der Waals surface area (Å²) in [6.45, 7) is 1.55. The average Bonchev–Trinajstić information content (AvgIpc) is 3.53. The Balaban J connectivity index is 1.31. The van der Waals surface area contributed by atoms with E-state index < -0.39 is 22.9 Å². The summed E-state index contributed by atoms with van der Waals surface area (Å²) in [5.41, 5.74) is 0.953. The second-order valence-corrected chi connectivity index (χ2v) is 8.11. The van der Waals surface area contributed by atoms with Gasteiger partial charge in [0.15, 0.2) is 11.2 Å². The molecule has 0 aliphatic heterocycles. The number of hydrogen-bond donors (Lipinski definition) is 1. The molecule has 0 fully saturated rings. The number of esters is 1. The lowest BCUT2D eigenvalue weighted by molar-refractivity contribution is -0.384. The number of thiazole rings is 1. The lowest BCUT2D eigenvalue weighted by Gasteiger charge is -2.11. The second-order valence-electron chi connectivity index (χ2n) is 7.25. The highest BCUT2D eigenvalue weighted by Crippen LogP contribution is 2.27. The maximum absolute atomic E-state index is 12.5. The first-order valence-corrected chi connectivity index (χ1v) is 11.3. The topological polar surface area (TPSA) is 134 Å². The van der Waals surface area contributed by atoms with Crippen LogP contribution in [0.4, 0.5) is 10.8 Å². The van der Waals surface area contributed by atoms with Gasteiger partial charge in [-0.15, -0.1) is 11.3 Å². The number of benzene rings is 2. The fourth-order valence-corrected chi connectivity index (χ4v) is 3.68. The molecule has 178 valence electrons. The smallest absolute Gasteiger partial charge is 0.375 e. The SMILES string of the molecule is CC(OC(=O)c1ccc(COc2ccccc2)o1)C(=O)Nc1nc(-c2cccc([N+](=O)[O-])c2)cs1. The summed E-state index contributed by atoms with van der Waals surface area (Å²) < 4.78 is 16.2. The number of non-ortho nitro benzene ring substituents is 1. The van der Waals surface area contributed by atoms with Crippen LogP contribution in [0.3, 0.4) is 0 Å². The highest BCUT2D eigenvalue weighted by atomic mass is 32.1. The van der Waals surface area contributed by atoms with Crippen molar-refractivity contribution in [2.24, 2.45) is 0 Å². The van der Waals surface area contributed by atoms with Gasteiger partial charge in [0.05, 0.1) is 10.6 Å². The third-order valence-electron chi connectivity index (χ3n) is 4.73. The van der Waals surface area contributed by atoms with Crippen molar-refractivity contribution in [3.63, 3.8) is 0 Å². The lowest BCUT2D eigenvalue weighted by atomic mass is 10.1. The number of furan rings is 1. The summed E-state index contributed by atoms with van der Waals surface area (Å²) in [6, 6.07) is 18.2. The number of nitrogens with one attached hydrogen (secondary N) is 1. The second kappa shape index (κ2) is 10.6. The Labute approximate surface area is 203 Å². The van der Waals surface area contributed by atoms with Gasteiger partial charge in [-0.2, -0.15) is 0 Å². The molecular formula is C24H19N3O7S. The van der Waals surface area contributed by atoms with Crippen molar-refractivity contribution >= 4 is 34.0 Å². The Morgan fingerprint density at radius 1 is 1.14 bits per heavy atom. The minimum atomic E-state index is -1.12. The molecule has 0 saturated heterocycles. The number of rotatable bonds is 9. The molecule has 0 aliphatic carbocycles. The average molecular weight is 493 g/mol. The van der Waals surface area contributed by atoms with Crippen LogP contribution >= 0.6 is 11.3 Å². The lowest BCUT2D eigenvalue weighted by Crippen LogP contribution is -2.29. The third kappa shape index (κ3) is 6.09. The number of nitrogens with zero attached hydrogens (tertiary/aromatic N) is 2. The Morgan fingerprint density at radius 3 is 2.71 bits per heavy atom. The van der Waals surface area contributed by atoms with Crippen LogP contribution in [-0.2, 0) is 16.1 Å². The van der Waals surface area contributed by atoms with Crippen LogP contribution in [0.5, 0.6) is 5.75 Å². The summed E-state index contributed by atoms with van der Waals surface area (Å²) in [4.78, 5) is 39.6. The highest BCUT2D eigenvalue weighted by Gasteiger charge is 2.22. The molecule has 11 heteroatoms. The molecule has 4 aromatic rings. The van der Waals surface area contributed by atoms with Gasteiger partial charge in [0.2, 0.25) is 5.76 Å². The summed E-state index contributed by atoms with van der Waals surface area (Å²) in [7, 11) is 0. The van der Waals surface area contributed by atoms with Crippen molar-refractivity contribution in [1.82, 2.24) is 4.98 Å². The Kier molecular flexibility index (Phi) is 7.17. The number of aromatic nitrogens is 1. The predicted molar refractivity (Wildman–Crippen MR) is 127 cm³/mol. The highest BCUT2D eigenvalue weighted by molar-refractivity contribution is 7.14. The maximum Gasteiger partial charge on any atom is 0.375 e. The number of carbonyl (C=O) groups is 2. The van der Waals surface area contributed by atoms with Crippen molar-refractivity contribution in [3.05, 3.63) is 93.7 Å². The molecule has 2 heterocycles. The standard InChI is InChI=1S/C24H19N3O7S/c1-15(33-23(29)21-11-10-19(34-21)13-32-18-8-3-2-4-9-18)22(28)26-24-25-20(14-35-24)16-6-5-7-17(12-16)27(30)31/h2-12,14-15H,13H2,1H3,(H,25,26,28). The molecule has 2 aromatic carbocycles. The molecule has 2 aromatic heterocycles.